The van der Waals surface area contributed by atoms with Gasteiger partial charge in [0, 0.05) is 5.92 Å². The van der Waals surface area contributed by atoms with Gasteiger partial charge in [-0.05, 0) is 29.5 Å². The van der Waals surface area contributed by atoms with Crippen molar-refractivity contribution < 1.29 is 9.47 Å². The Morgan fingerprint density at radius 2 is 1.67 bits per heavy atom. The maximum absolute atomic E-state index is 5.64. The van der Waals surface area contributed by atoms with Gasteiger partial charge < -0.3 is 9.47 Å². The van der Waals surface area contributed by atoms with Crippen LogP contribution < -0.4 is 0 Å². The molecule has 2 aromatic carbocycles. The lowest BCUT2D eigenvalue weighted by atomic mass is 9.84. The zero-order valence-electron chi connectivity index (χ0n) is 11.9. The standard InChI is InChI=1S/C19H19O2/c1-2-7-15(8-3-1)19(18-13-21-18)17-9-5-4-6-14(17)10-11-16-12-20-16/h1-9,11,16,18-19H,10,12-13H2. The molecule has 3 atom stereocenters. The maximum Gasteiger partial charge on any atom is 0.0918 e. The average Bonchev–Trinajstić information content (AvgIpc) is 3.42. The minimum absolute atomic E-state index is 0.325. The Morgan fingerprint density at radius 1 is 0.952 bits per heavy atom. The van der Waals surface area contributed by atoms with Crippen LogP contribution in [0.25, 0.3) is 0 Å². The normalized spacial score (nSPS) is 24.6. The Balaban J connectivity index is 1.65. The van der Waals surface area contributed by atoms with E-state index in [1.807, 2.05) is 0 Å². The minimum atomic E-state index is 0.325. The molecule has 3 unspecified atom stereocenters. The molecule has 2 heterocycles. The zero-order valence-corrected chi connectivity index (χ0v) is 11.9. The summed E-state index contributed by atoms with van der Waals surface area (Å²) in [6.45, 7) is 1.75. The van der Waals surface area contributed by atoms with Crippen molar-refractivity contribution in [2.24, 2.45) is 0 Å². The van der Waals surface area contributed by atoms with Gasteiger partial charge >= 0.3 is 0 Å². The Morgan fingerprint density at radius 3 is 2.38 bits per heavy atom. The number of benzene rings is 2. The Labute approximate surface area is 125 Å². The molecule has 0 N–H and O–H groups in total. The SMILES string of the molecule is [CH](Cc1ccccc1C(c1ccccc1)C1CO1)C1CO1. The highest BCUT2D eigenvalue weighted by Crippen LogP contribution is 2.37. The molecule has 2 nitrogen and oxygen atoms in total. The van der Waals surface area contributed by atoms with E-state index in [0.29, 0.717) is 18.1 Å². The van der Waals surface area contributed by atoms with Crippen molar-refractivity contribution in [2.75, 3.05) is 13.2 Å². The van der Waals surface area contributed by atoms with Crippen LogP contribution in [-0.4, -0.2) is 25.4 Å². The first-order valence-corrected chi connectivity index (χ1v) is 7.61. The van der Waals surface area contributed by atoms with E-state index in [0.717, 1.165) is 19.6 Å². The molecular formula is C19H19O2. The van der Waals surface area contributed by atoms with Crippen LogP contribution in [0.3, 0.4) is 0 Å². The van der Waals surface area contributed by atoms with Gasteiger partial charge in [0.15, 0.2) is 0 Å². The van der Waals surface area contributed by atoms with Gasteiger partial charge in [0.05, 0.1) is 25.4 Å². The van der Waals surface area contributed by atoms with E-state index in [1.165, 1.54) is 16.7 Å². The van der Waals surface area contributed by atoms with Gasteiger partial charge in [-0.25, -0.2) is 0 Å². The summed E-state index contributed by atoms with van der Waals surface area (Å²) >= 11 is 0. The van der Waals surface area contributed by atoms with E-state index in [-0.39, 0.29) is 0 Å². The molecule has 2 fully saturated rings. The van der Waals surface area contributed by atoms with Gasteiger partial charge in [0.2, 0.25) is 0 Å². The summed E-state index contributed by atoms with van der Waals surface area (Å²) in [5.41, 5.74) is 4.12. The predicted octanol–water partition coefficient (Wildman–Crippen LogP) is 3.36. The topological polar surface area (TPSA) is 25.1 Å². The number of hydrogen-bond acceptors (Lipinski definition) is 2. The van der Waals surface area contributed by atoms with Crippen molar-refractivity contribution in [1.82, 2.24) is 0 Å². The summed E-state index contributed by atoms with van der Waals surface area (Å²) in [5.74, 6) is 0.343. The van der Waals surface area contributed by atoms with E-state index in [9.17, 15) is 0 Å². The summed E-state index contributed by atoms with van der Waals surface area (Å²) in [6.07, 6.45) is 3.93. The van der Waals surface area contributed by atoms with Gasteiger partial charge in [-0.15, -0.1) is 0 Å². The molecule has 0 aliphatic carbocycles. The second kappa shape index (κ2) is 5.63. The first-order valence-electron chi connectivity index (χ1n) is 7.61. The third-order valence-electron chi connectivity index (χ3n) is 4.24. The zero-order chi connectivity index (χ0) is 14.1. The van der Waals surface area contributed by atoms with Crippen LogP contribution in [0.2, 0.25) is 0 Å². The molecule has 0 amide bonds. The fourth-order valence-corrected chi connectivity index (χ4v) is 2.98. The highest BCUT2D eigenvalue weighted by Gasteiger charge is 2.36. The molecule has 107 valence electrons. The number of epoxide rings is 2. The summed E-state index contributed by atoms with van der Waals surface area (Å²) in [4.78, 5) is 0. The molecule has 0 saturated carbocycles. The molecule has 0 bridgehead atoms. The second-order valence-electron chi connectivity index (χ2n) is 5.77. The van der Waals surface area contributed by atoms with Crippen molar-refractivity contribution in [3.8, 4) is 0 Å². The van der Waals surface area contributed by atoms with Crippen LogP contribution in [-0.2, 0) is 15.9 Å². The highest BCUT2D eigenvalue weighted by molar-refractivity contribution is 5.41. The largest absolute Gasteiger partial charge is 0.373 e. The molecule has 0 aromatic heterocycles. The third kappa shape index (κ3) is 3.02. The summed E-state index contributed by atoms with van der Waals surface area (Å²) < 4.78 is 10.9. The van der Waals surface area contributed by atoms with Crippen LogP contribution in [0, 0.1) is 6.42 Å². The third-order valence-corrected chi connectivity index (χ3v) is 4.24. The quantitative estimate of drug-likeness (QED) is 0.757. The smallest absolute Gasteiger partial charge is 0.0918 e. The fraction of sp³-hybridized carbons (Fsp3) is 0.316. The highest BCUT2D eigenvalue weighted by atomic mass is 16.6. The van der Waals surface area contributed by atoms with Gasteiger partial charge in [-0.2, -0.15) is 0 Å². The molecule has 2 aromatic rings. The Kier molecular flexibility index (Phi) is 3.50. The Bertz CT molecular complexity index is 600. The van der Waals surface area contributed by atoms with Crippen LogP contribution in [0.1, 0.15) is 22.6 Å². The van der Waals surface area contributed by atoms with Crippen molar-refractivity contribution >= 4 is 0 Å². The van der Waals surface area contributed by atoms with Crippen molar-refractivity contribution in [1.29, 1.82) is 0 Å². The summed E-state index contributed by atoms with van der Waals surface area (Å²) in [6, 6.07) is 19.4. The van der Waals surface area contributed by atoms with Crippen molar-refractivity contribution in [3.05, 3.63) is 77.7 Å². The average molecular weight is 279 g/mol. The van der Waals surface area contributed by atoms with E-state index in [2.05, 4.69) is 61.0 Å². The maximum atomic E-state index is 5.64. The number of ether oxygens (including phenoxy) is 2. The van der Waals surface area contributed by atoms with E-state index in [4.69, 9.17) is 9.47 Å². The van der Waals surface area contributed by atoms with E-state index < -0.39 is 0 Å². The van der Waals surface area contributed by atoms with Gasteiger partial charge in [0.25, 0.3) is 0 Å². The lowest BCUT2D eigenvalue weighted by molar-refractivity contribution is 0.389. The molecule has 0 spiro atoms. The van der Waals surface area contributed by atoms with E-state index >= 15 is 0 Å². The molecule has 2 heteroatoms. The predicted molar refractivity (Wildman–Crippen MR) is 82.2 cm³/mol. The first kappa shape index (κ1) is 13.1. The van der Waals surface area contributed by atoms with Crippen molar-refractivity contribution in [3.63, 3.8) is 0 Å². The molecule has 2 aliphatic heterocycles. The minimum Gasteiger partial charge on any atom is -0.373 e. The van der Waals surface area contributed by atoms with Crippen LogP contribution in [0.4, 0.5) is 0 Å². The molecular weight excluding hydrogens is 260 g/mol. The second-order valence-corrected chi connectivity index (χ2v) is 5.77. The fourth-order valence-electron chi connectivity index (χ4n) is 2.98. The summed E-state index contributed by atoms with van der Waals surface area (Å²) in [7, 11) is 0. The lowest BCUT2D eigenvalue weighted by Gasteiger charge is -2.19. The first-order chi connectivity index (χ1) is 10.4. The molecule has 2 saturated heterocycles. The van der Waals surface area contributed by atoms with Crippen LogP contribution >= 0.6 is 0 Å². The van der Waals surface area contributed by atoms with Crippen LogP contribution in [0.15, 0.2) is 54.6 Å². The molecule has 2 aliphatic rings. The molecule has 21 heavy (non-hydrogen) atoms. The van der Waals surface area contributed by atoms with Gasteiger partial charge in [0.1, 0.15) is 0 Å². The summed E-state index contributed by atoms with van der Waals surface area (Å²) in [5, 5.41) is 0. The lowest BCUT2D eigenvalue weighted by Crippen LogP contribution is -2.11. The molecule has 4 rings (SSSR count). The Hall–Kier alpha value is -1.64. The number of hydrogen-bond donors (Lipinski definition) is 0. The van der Waals surface area contributed by atoms with Crippen molar-refractivity contribution in [2.45, 2.75) is 24.5 Å². The van der Waals surface area contributed by atoms with Crippen LogP contribution in [0.5, 0.6) is 0 Å². The monoisotopic (exact) mass is 279 g/mol. The number of rotatable bonds is 6. The van der Waals surface area contributed by atoms with Gasteiger partial charge in [-0.1, -0.05) is 54.6 Å². The van der Waals surface area contributed by atoms with Gasteiger partial charge in [-0.3, -0.25) is 0 Å². The van der Waals surface area contributed by atoms with E-state index in [1.54, 1.807) is 0 Å². The molecule has 1 radical (unpaired) electrons.